The Hall–Kier alpha value is -2.96. The first-order valence-electron chi connectivity index (χ1n) is 5.74. The second-order valence-corrected chi connectivity index (χ2v) is 4.09. The highest BCUT2D eigenvalue weighted by molar-refractivity contribution is 6.11. The second-order valence-electron chi connectivity index (χ2n) is 4.09. The summed E-state index contributed by atoms with van der Waals surface area (Å²) < 4.78 is 13.2. The number of nitrogens with zero attached hydrogens (tertiary/aromatic N) is 2. The van der Waals surface area contributed by atoms with E-state index < -0.39 is 11.7 Å². The molecule has 3 aromatic rings. The summed E-state index contributed by atoms with van der Waals surface area (Å²) in [4.78, 5) is 15.9. The van der Waals surface area contributed by atoms with Crippen LogP contribution in [0.3, 0.4) is 0 Å². The van der Waals surface area contributed by atoms with Crippen LogP contribution in [-0.4, -0.2) is 26.2 Å². The van der Waals surface area contributed by atoms with Gasteiger partial charge in [-0.2, -0.15) is 5.10 Å². The third-order valence-electron chi connectivity index (χ3n) is 2.76. The Labute approximate surface area is 112 Å². The number of halogens is 1. The van der Waals surface area contributed by atoms with Crippen LogP contribution in [0.4, 0.5) is 10.2 Å². The van der Waals surface area contributed by atoms with Gasteiger partial charge in [0, 0.05) is 11.6 Å². The summed E-state index contributed by atoms with van der Waals surface area (Å²) in [5, 5.41) is 18.8. The molecule has 2 heterocycles. The number of benzene rings is 1. The van der Waals surface area contributed by atoms with E-state index in [2.05, 4.69) is 20.5 Å². The van der Waals surface area contributed by atoms with E-state index in [4.69, 9.17) is 0 Å². The highest BCUT2D eigenvalue weighted by Crippen LogP contribution is 2.21. The van der Waals surface area contributed by atoms with E-state index in [1.54, 1.807) is 0 Å². The summed E-state index contributed by atoms with van der Waals surface area (Å²) in [6.45, 7) is 0. The number of amides is 1. The third-order valence-corrected chi connectivity index (χ3v) is 2.76. The Bertz CT molecular complexity index is 800. The fourth-order valence-electron chi connectivity index (χ4n) is 1.82. The number of hydrogen-bond donors (Lipinski definition) is 3. The first-order valence-corrected chi connectivity index (χ1v) is 5.74. The van der Waals surface area contributed by atoms with Crippen LogP contribution in [0.15, 0.2) is 36.5 Å². The Morgan fingerprint density at radius 1 is 1.35 bits per heavy atom. The summed E-state index contributed by atoms with van der Waals surface area (Å²) in [6, 6.07) is 6.90. The Kier molecular flexibility index (Phi) is 2.79. The molecule has 20 heavy (non-hydrogen) atoms. The summed E-state index contributed by atoms with van der Waals surface area (Å²) in [6.07, 6.45) is 1.43. The SMILES string of the molecule is O=C(Nc1ncccc1O)c1n[nH]c2ccc(F)cc12. The maximum Gasteiger partial charge on any atom is 0.278 e. The van der Waals surface area contributed by atoms with Gasteiger partial charge in [0.1, 0.15) is 5.82 Å². The topological polar surface area (TPSA) is 90.9 Å². The number of anilines is 1. The minimum absolute atomic E-state index is 0.0186. The van der Waals surface area contributed by atoms with Crippen LogP contribution in [-0.2, 0) is 0 Å². The van der Waals surface area contributed by atoms with Crippen LogP contribution < -0.4 is 5.32 Å². The van der Waals surface area contributed by atoms with Crippen molar-refractivity contribution in [3.8, 4) is 5.75 Å². The van der Waals surface area contributed by atoms with Gasteiger partial charge >= 0.3 is 0 Å². The number of aromatic hydroxyl groups is 1. The zero-order valence-electron chi connectivity index (χ0n) is 10.1. The highest BCUT2D eigenvalue weighted by Gasteiger charge is 2.16. The minimum Gasteiger partial charge on any atom is -0.504 e. The smallest absolute Gasteiger partial charge is 0.278 e. The van der Waals surface area contributed by atoms with E-state index in [0.717, 1.165) is 0 Å². The van der Waals surface area contributed by atoms with Crippen molar-refractivity contribution in [2.24, 2.45) is 0 Å². The molecule has 2 aromatic heterocycles. The van der Waals surface area contributed by atoms with Crippen molar-refractivity contribution in [3.05, 3.63) is 48.0 Å². The fraction of sp³-hybridized carbons (Fsp3) is 0. The third kappa shape index (κ3) is 2.05. The lowest BCUT2D eigenvalue weighted by Gasteiger charge is -2.04. The first-order chi connectivity index (χ1) is 9.65. The number of fused-ring (bicyclic) bond motifs is 1. The quantitative estimate of drug-likeness (QED) is 0.666. The van der Waals surface area contributed by atoms with Gasteiger partial charge in [-0.25, -0.2) is 9.37 Å². The molecule has 0 saturated heterocycles. The molecule has 0 aliphatic rings. The normalized spacial score (nSPS) is 10.7. The van der Waals surface area contributed by atoms with E-state index in [9.17, 15) is 14.3 Å². The largest absolute Gasteiger partial charge is 0.504 e. The molecule has 0 aliphatic heterocycles. The highest BCUT2D eigenvalue weighted by atomic mass is 19.1. The van der Waals surface area contributed by atoms with E-state index in [1.165, 1.54) is 36.5 Å². The molecular formula is C13H9FN4O2. The zero-order chi connectivity index (χ0) is 14.1. The molecule has 3 rings (SSSR count). The maximum atomic E-state index is 13.2. The van der Waals surface area contributed by atoms with Gasteiger partial charge in [0.15, 0.2) is 17.3 Å². The Morgan fingerprint density at radius 3 is 3.00 bits per heavy atom. The van der Waals surface area contributed by atoms with Gasteiger partial charge in [0.25, 0.3) is 5.91 Å². The molecule has 6 nitrogen and oxygen atoms in total. The maximum absolute atomic E-state index is 13.2. The van der Waals surface area contributed by atoms with Gasteiger partial charge in [-0.1, -0.05) is 0 Å². The van der Waals surface area contributed by atoms with Gasteiger partial charge in [-0.3, -0.25) is 9.89 Å². The van der Waals surface area contributed by atoms with Gasteiger partial charge in [0.2, 0.25) is 0 Å². The predicted octanol–water partition coefficient (Wildman–Crippen LogP) is 2.05. The van der Waals surface area contributed by atoms with Crippen molar-refractivity contribution in [1.29, 1.82) is 0 Å². The van der Waals surface area contributed by atoms with E-state index >= 15 is 0 Å². The molecule has 0 radical (unpaired) electrons. The minimum atomic E-state index is -0.587. The number of H-pyrrole nitrogens is 1. The number of carbonyl (C=O) groups excluding carboxylic acids is 1. The van der Waals surface area contributed by atoms with Crippen molar-refractivity contribution in [3.63, 3.8) is 0 Å². The van der Waals surface area contributed by atoms with Gasteiger partial charge in [0.05, 0.1) is 5.52 Å². The molecule has 0 atom stereocenters. The number of hydrogen-bond acceptors (Lipinski definition) is 4. The summed E-state index contributed by atoms with van der Waals surface area (Å²) in [7, 11) is 0. The lowest BCUT2D eigenvalue weighted by atomic mass is 10.2. The summed E-state index contributed by atoms with van der Waals surface area (Å²) in [5.41, 5.74) is 0.575. The molecule has 100 valence electrons. The average molecular weight is 272 g/mol. The van der Waals surface area contributed by atoms with E-state index in [0.29, 0.717) is 10.9 Å². The summed E-state index contributed by atoms with van der Waals surface area (Å²) >= 11 is 0. The van der Waals surface area contributed by atoms with Crippen molar-refractivity contribution in [2.45, 2.75) is 0 Å². The second kappa shape index (κ2) is 4.61. The van der Waals surface area contributed by atoms with Crippen LogP contribution in [0.1, 0.15) is 10.5 Å². The summed E-state index contributed by atoms with van der Waals surface area (Å²) in [5.74, 6) is -1.19. The number of carbonyl (C=O) groups is 1. The lowest BCUT2D eigenvalue weighted by molar-refractivity contribution is 0.102. The molecule has 1 aromatic carbocycles. The molecule has 0 bridgehead atoms. The van der Waals surface area contributed by atoms with E-state index in [-0.39, 0.29) is 17.3 Å². The van der Waals surface area contributed by atoms with Crippen LogP contribution in [0, 0.1) is 5.82 Å². The molecule has 0 unspecified atom stereocenters. The fourth-order valence-corrected chi connectivity index (χ4v) is 1.82. The van der Waals surface area contributed by atoms with Crippen LogP contribution in [0.2, 0.25) is 0 Å². The Balaban J connectivity index is 1.97. The number of rotatable bonds is 2. The first kappa shape index (κ1) is 12.1. The average Bonchev–Trinajstić information content (AvgIpc) is 2.84. The molecule has 0 spiro atoms. The van der Waals surface area contributed by atoms with Crippen molar-refractivity contribution < 1.29 is 14.3 Å². The van der Waals surface area contributed by atoms with Crippen molar-refractivity contribution >= 4 is 22.6 Å². The van der Waals surface area contributed by atoms with Crippen LogP contribution in [0.5, 0.6) is 5.75 Å². The zero-order valence-corrected chi connectivity index (χ0v) is 10.1. The molecule has 7 heteroatoms. The number of pyridine rings is 1. The van der Waals surface area contributed by atoms with Gasteiger partial charge in [-0.15, -0.1) is 0 Å². The standard InChI is InChI=1S/C13H9FN4O2/c14-7-3-4-9-8(6-7)11(18-17-9)13(20)16-12-10(19)2-1-5-15-12/h1-6,19H,(H,17,18)(H,15,16,20). The van der Waals surface area contributed by atoms with Gasteiger partial charge in [-0.05, 0) is 30.3 Å². The molecule has 1 amide bonds. The molecular weight excluding hydrogens is 263 g/mol. The van der Waals surface area contributed by atoms with Crippen LogP contribution >= 0.6 is 0 Å². The van der Waals surface area contributed by atoms with E-state index in [1.807, 2.05) is 0 Å². The molecule has 3 N–H and O–H groups in total. The lowest BCUT2D eigenvalue weighted by Crippen LogP contribution is -2.13. The number of aromatic amines is 1. The van der Waals surface area contributed by atoms with Crippen LogP contribution in [0.25, 0.3) is 10.9 Å². The predicted molar refractivity (Wildman–Crippen MR) is 69.9 cm³/mol. The molecule has 0 saturated carbocycles. The number of aromatic nitrogens is 3. The molecule has 0 fully saturated rings. The van der Waals surface area contributed by atoms with Gasteiger partial charge < -0.3 is 10.4 Å². The monoisotopic (exact) mass is 272 g/mol. The number of nitrogens with one attached hydrogen (secondary N) is 2. The van der Waals surface area contributed by atoms with Crippen molar-refractivity contribution in [1.82, 2.24) is 15.2 Å². The molecule has 0 aliphatic carbocycles. The van der Waals surface area contributed by atoms with Crippen molar-refractivity contribution in [2.75, 3.05) is 5.32 Å². The Morgan fingerprint density at radius 2 is 2.20 bits per heavy atom.